The Morgan fingerprint density at radius 1 is 1.06 bits per heavy atom. The molecule has 0 aromatic heterocycles. The fourth-order valence-corrected chi connectivity index (χ4v) is 2.42. The van der Waals surface area contributed by atoms with Gasteiger partial charge in [-0.05, 0) is 41.5 Å². The Morgan fingerprint density at radius 2 is 1.83 bits per heavy atom. The van der Waals surface area contributed by atoms with Crippen molar-refractivity contribution in [2.45, 2.75) is 13.1 Å². The largest absolute Gasteiger partial charge is 0.497 e. The molecule has 18 heavy (non-hydrogen) atoms. The summed E-state index contributed by atoms with van der Waals surface area (Å²) in [5, 5.41) is 0. The molecule has 2 aromatic carbocycles. The van der Waals surface area contributed by atoms with Crippen LogP contribution in [0.2, 0.25) is 0 Å². The summed E-state index contributed by atoms with van der Waals surface area (Å²) in [6, 6.07) is 14.3. The first kappa shape index (κ1) is 11.0. The number of rotatable bonds is 2. The van der Waals surface area contributed by atoms with Gasteiger partial charge in [0.25, 0.3) is 0 Å². The van der Waals surface area contributed by atoms with Gasteiger partial charge in [0.15, 0.2) is 0 Å². The van der Waals surface area contributed by atoms with E-state index in [0.29, 0.717) is 0 Å². The molecule has 0 amide bonds. The summed E-state index contributed by atoms with van der Waals surface area (Å²) in [6.45, 7) is 1.81. The highest BCUT2D eigenvalue weighted by atomic mass is 16.5. The topological polar surface area (TPSA) is 38.5 Å². The van der Waals surface area contributed by atoms with Gasteiger partial charge in [-0.15, -0.1) is 0 Å². The predicted molar refractivity (Wildman–Crippen MR) is 73.7 cm³/mol. The molecule has 0 spiro atoms. The molecule has 0 bridgehead atoms. The Hall–Kier alpha value is -2.16. The van der Waals surface area contributed by atoms with Crippen LogP contribution in [0.5, 0.6) is 5.75 Å². The van der Waals surface area contributed by atoms with Gasteiger partial charge in [-0.25, -0.2) is 0 Å². The van der Waals surface area contributed by atoms with Gasteiger partial charge in [-0.2, -0.15) is 0 Å². The molecule has 3 heteroatoms. The molecule has 3 rings (SSSR count). The van der Waals surface area contributed by atoms with Crippen molar-refractivity contribution in [3.63, 3.8) is 0 Å². The van der Waals surface area contributed by atoms with Crippen molar-refractivity contribution in [2.75, 3.05) is 17.7 Å². The van der Waals surface area contributed by atoms with Crippen LogP contribution in [0.25, 0.3) is 0 Å². The normalized spacial score (nSPS) is 13.5. The van der Waals surface area contributed by atoms with Crippen LogP contribution in [0, 0.1) is 0 Å². The molecular formula is C15H16N2O. The van der Waals surface area contributed by atoms with Crippen LogP contribution in [0.1, 0.15) is 11.1 Å². The number of benzene rings is 2. The minimum absolute atomic E-state index is 0.883. The number of anilines is 2. The standard InChI is InChI=1S/C15H16N2O/c1-18-13-7-5-12(6-8-13)17-9-11-3-2-4-15(16)14(11)10-17/h2-8H,9-10,16H2,1H3. The Balaban J connectivity index is 1.86. The zero-order chi connectivity index (χ0) is 12.5. The first-order valence-electron chi connectivity index (χ1n) is 6.03. The summed E-state index contributed by atoms with van der Waals surface area (Å²) in [4.78, 5) is 2.32. The van der Waals surface area contributed by atoms with Crippen molar-refractivity contribution >= 4 is 11.4 Å². The number of hydrogen-bond acceptors (Lipinski definition) is 3. The summed E-state index contributed by atoms with van der Waals surface area (Å²) in [6.07, 6.45) is 0. The third-order valence-electron chi connectivity index (χ3n) is 3.46. The van der Waals surface area contributed by atoms with Crippen LogP contribution in [-0.2, 0) is 13.1 Å². The first-order chi connectivity index (χ1) is 8.78. The fourth-order valence-electron chi connectivity index (χ4n) is 2.42. The van der Waals surface area contributed by atoms with E-state index in [1.165, 1.54) is 16.8 Å². The van der Waals surface area contributed by atoms with E-state index < -0.39 is 0 Å². The van der Waals surface area contributed by atoms with Gasteiger partial charge in [0, 0.05) is 24.5 Å². The number of nitrogens with zero attached hydrogens (tertiary/aromatic N) is 1. The second-order valence-electron chi connectivity index (χ2n) is 4.54. The number of fused-ring (bicyclic) bond motifs is 1. The number of ether oxygens (including phenoxy) is 1. The molecule has 0 fully saturated rings. The highest BCUT2D eigenvalue weighted by molar-refractivity contribution is 5.60. The molecule has 3 nitrogen and oxygen atoms in total. The van der Waals surface area contributed by atoms with Gasteiger partial charge < -0.3 is 15.4 Å². The van der Waals surface area contributed by atoms with Crippen LogP contribution in [0.3, 0.4) is 0 Å². The Labute approximate surface area is 107 Å². The Morgan fingerprint density at radius 3 is 2.50 bits per heavy atom. The summed E-state index contributed by atoms with van der Waals surface area (Å²) in [5.41, 5.74) is 10.7. The maximum Gasteiger partial charge on any atom is 0.119 e. The van der Waals surface area contributed by atoms with E-state index in [1.54, 1.807) is 7.11 Å². The van der Waals surface area contributed by atoms with Crippen LogP contribution in [0.4, 0.5) is 11.4 Å². The Kier molecular flexibility index (Phi) is 2.59. The lowest BCUT2D eigenvalue weighted by Gasteiger charge is -2.18. The molecule has 92 valence electrons. The van der Waals surface area contributed by atoms with Crippen LogP contribution >= 0.6 is 0 Å². The lowest BCUT2D eigenvalue weighted by molar-refractivity contribution is 0.415. The molecule has 2 aromatic rings. The second-order valence-corrected chi connectivity index (χ2v) is 4.54. The monoisotopic (exact) mass is 240 g/mol. The van der Waals surface area contributed by atoms with Gasteiger partial charge in [0.1, 0.15) is 5.75 Å². The van der Waals surface area contributed by atoms with E-state index in [2.05, 4.69) is 23.1 Å². The van der Waals surface area contributed by atoms with Crippen molar-refractivity contribution in [1.82, 2.24) is 0 Å². The maximum absolute atomic E-state index is 6.01. The van der Waals surface area contributed by atoms with E-state index in [1.807, 2.05) is 24.3 Å². The second kappa shape index (κ2) is 4.26. The zero-order valence-corrected chi connectivity index (χ0v) is 10.4. The molecule has 0 saturated carbocycles. The highest BCUT2D eigenvalue weighted by Crippen LogP contribution is 2.32. The van der Waals surface area contributed by atoms with Crippen molar-refractivity contribution in [1.29, 1.82) is 0 Å². The van der Waals surface area contributed by atoms with E-state index in [-0.39, 0.29) is 0 Å². The molecule has 0 saturated heterocycles. The number of methoxy groups -OCH3 is 1. The third kappa shape index (κ3) is 1.78. The van der Waals surface area contributed by atoms with Crippen LogP contribution in [0.15, 0.2) is 42.5 Å². The summed E-state index contributed by atoms with van der Waals surface area (Å²) in [7, 11) is 1.68. The molecule has 0 radical (unpaired) electrons. The molecular weight excluding hydrogens is 224 g/mol. The van der Waals surface area contributed by atoms with Crippen molar-refractivity contribution in [3.8, 4) is 5.75 Å². The van der Waals surface area contributed by atoms with Crippen LogP contribution < -0.4 is 15.4 Å². The van der Waals surface area contributed by atoms with Gasteiger partial charge in [-0.1, -0.05) is 12.1 Å². The third-order valence-corrected chi connectivity index (χ3v) is 3.46. The zero-order valence-electron chi connectivity index (χ0n) is 10.4. The average molecular weight is 240 g/mol. The van der Waals surface area contributed by atoms with Gasteiger partial charge in [-0.3, -0.25) is 0 Å². The van der Waals surface area contributed by atoms with E-state index in [4.69, 9.17) is 10.5 Å². The summed E-state index contributed by atoms with van der Waals surface area (Å²) >= 11 is 0. The smallest absolute Gasteiger partial charge is 0.119 e. The number of nitrogen functional groups attached to an aromatic ring is 1. The molecule has 1 heterocycles. The first-order valence-corrected chi connectivity index (χ1v) is 6.03. The molecule has 0 unspecified atom stereocenters. The van der Waals surface area contributed by atoms with E-state index in [9.17, 15) is 0 Å². The lowest BCUT2D eigenvalue weighted by Crippen LogP contribution is -2.14. The molecule has 1 aliphatic rings. The molecule has 0 aliphatic carbocycles. The van der Waals surface area contributed by atoms with Gasteiger partial charge in [0.2, 0.25) is 0 Å². The highest BCUT2D eigenvalue weighted by Gasteiger charge is 2.20. The van der Waals surface area contributed by atoms with Gasteiger partial charge >= 0.3 is 0 Å². The minimum atomic E-state index is 0.883. The quantitative estimate of drug-likeness (QED) is 0.820. The summed E-state index contributed by atoms with van der Waals surface area (Å²) < 4.78 is 5.17. The lowest BCUT2D eigenvalue weighted by atomic mass is 10.1. The Bertz CT molecular complexity index is 563. The van der Waals surface area contributed by atoms with E-state index in [0.717, 1.165) is 24.5 Å². The van der Waals surface area contributed by atoms with Crippen LogP contribution in [-0.4, -0.2) is 7.11 Å². The number of nitrogens with two attached hydrogens (primary N) is 1. The van der Waals surface area contributed by atoms with Crippen molar-refractivity contribution < 1.29 is 4.74 Å². The summed E-state index contributed by atoms with van der Waals surface area (Å²) in [5.74, 6) is 0.884. The number of hydrogen-bond donors (Lipinski definition) is 1. The maximum atomic E-state index is 6.01. The predicted octanol–water partition coefficient (Wildman–Crippen LogP) is 2.80. The fraction of sp³-hybridized carbons (Fsp3) is 0.200. The van der Waals surface area contributed by atoms with E-state index >= 15 is 0 Å². The SMILES string of the molecule is COc1ccc(N2Cc3cccc(N)c3C2)cc1. The van der Waals surface area contributed by atoms with Crippen molar-refractivity contribution in [3.05, 3.63) is 53.6 Å². The van der Waals surface area contributed by atoms with Gasteiger partial charge in [0.05, 0.1) is 7.11 Å². The minimum Gasteiger partial charge on any atom is -0.497 e. The molecule has 0 atom stereocenters. The average Bonchev–Trinajstić information content (AvgIpc) is 2.84. The van der Waals surface area contributed by atoms with Crippen molar-refractivity contribution in [2.24, 2.45) is 0 Å². The molecule has 2 N–H and O–H groups in total. The molecule has 1 aliphatic heterocycles.